The molecule has 1 amide bonds. The predicted octanol–water partition coefficient (Wildman–Crippen LogP) is 1.60. The Labute approximate surface area is 171 Å². The summed E-state index contributed by atoms with van der Waals surface area (Å²) in [6.45, 7) is 5.68. The first-order valence-electron chi connectivity index (χ1n) is 10.2. The number of carbonyl (C=O) groups is 1. The van der Waals surface area contributed by atoms with Gasteiger partial charge in [-0.15, -0.1) is 0 Å². The molecule has 2 heterocycles. The van der Waals surface area contributed by atoms with Gasteiger partial charge in [0, 0.05) is 6.42 Å². The summed E-state index contributed by atoms with van der Waals surface area (Å²) in [5.41, 5.74) is 4.28. The van der Waals surface area contributed by atoms with Crippen LogP contribution in [0.5, 0.6) is 5.75 Å². The van der Waals surface area contributed by atoms with E-state index >= 15 is 0 Å². The van der Waals surface area contributed by atoms with Gasteiger partial charge in [0.2, 0.25) is 0 Å². The molecule has 4 rings (SSSR count). The van der Waals surface area contributed by atoms with E-state index in [2.05, 4.69) is 31.2 Å². The Morgan fingerprint density at radius 1 is 1.14 bits per heavy atom. The lowest BCUT2D eigenvalue weighted by atomic mass is 9.97. The van der Waals surface area contributed by atoms with Crippen LogP contribution >= 0.6 is 0 Å². The maximum absolute atomic E-state index is 13.2. The highest BCUT2D eigenvalue weighted by molar-refractivity contribution is 6.03. The Kier molecular flexibility index (Phi) is 5.92. The van der Waals surface area contributed by atoms with Crippen molar-refractivity contribution in [2.45, 2.75) is 19.4 Å². The molecule has 1 saturated heterocycles. The molecule has 0 spiro atoms. The summed E-state index contributed by atoms with van der Waals surface area (Å²) in [5, 5.41) is 6.48. The van der Waals surface area contributed by atoms with E-state index in [1.54, 1.807) is 12.1 Å². The largest absolute Gasteiger partial charge is 0.497 e. The zero-order valence-electron chi connectivity index (χ0n) is 17.1. The summed E-state index contributed by atoms with van der Waals surface area (Å²) < 4.78 is 10.7. The number of hydrogen-bond acceptors (Lipinski definition) is 4. The Morgan fingerprint density at radius 3 is 2.48 bits per heavy atom. The number of quaternary nitrogens is 1. The van der Waals surface area contributed by atoms with Gasteiger partial charge in [0.1, 0.15) is 18.8 Å². The van der Waals surface area contributed by atoms with Crippen molar-refractivity contribution in [3.8, 4) is 5.75 Å². The quantitative estimate of drug-likeness (QED) is 0.838. The maximum Gasteiger partial charge on any atom is 0.298 e. The SMILES string of the molecule is COc1ccc(C2=NN(C(=O)C[NH+]3CCOCC3)[C@H](c3ccc(C)cc3)C2)cc1. The lowest BCUT2D eigenvalue weighted by Gasteiger charge is -2.27. The second kappa shape index (κ2) is 8.76. The van der Waals surface area contributed by atoms with Gasteiger partial charge in [-0.1, -0.05) is 29.8 Å². The molecule has 152 valence electrons. The number of nitrogens with one attached hydrogen (secondary N) is 1. The fourth-order valence-corrected chi connectivity index (χ4v) is 3.88. The molecule has 2 aromatic carbocycles. The summed E-state index contributed by atoms with van der Waals surface area (Å²) in [6.07, 6.45) is 0.708. The van der Waals surface area contributed by atoms with Crippen molar-refractivity contribution in [3.63, 3.8) is 0 Å². The first kappa shape index (κ1) is 19.6. The van der Waals surface area contributed by atoms with E-state index in [1.165, 1.54) is 10.5 Å². The molecule has 2 aliphatic heterocycles. The second-order valence-corrected chi connectivity index (χ2v) is 7.68. The highest BCUT2D eigenvalue weighted by Gasteiger charge is 2.35. The molecule has 0 aromatic heterocycles. The molecule has 1 atom stereocenters. The summed E-state index contributed by atoms with van der Waals surface area (Å²) in [4.78, 5) is 14.4. The number of amides is 1. The molecule has 6 nitrogen and oxygen atoms in total. The van der Waals surface area contributed by atoms with Crippen LogP contribution in [0.25, 0.3) is 0 Å². The molecule has 2 aromatic rings. The average molecular weight is 394 g/mol. The van der Waals surface area contributed by atoms with Gasteiger partial charge in [0.05, 0.1) is 32.1 Å². The molecular formula is C23H28N3O3+. The number of morpholine rings is 1. The van der Waals surface area contributed by atoms with Crippen LogP contribution in [0, 0.1) is 6.92 Å². The van der Waals surface area contributed by atoms with Gasteiger partial charge in [-0.25, -0.2) is 5.01 Å². The molecule has 2 aliphatic rings. The number of nitrogens with zero attached hydrogens (tertiary/aromatic N) is 2. The number of benzene rings is 2. The van der Waals surface area contributed by atoms with Crippen molar-refractivity contribution in [2.75, 3.05) is 40.0 Å². The van der Waals surface area contributed by atoms with E-state index in [1.807, 2.05) is 24.3 Å². The van der Waals surface area contributed by atoms with E-state index in [0.29, 0.717) is 26.2 Å². The summed E-state index contributed by atoms with van der Waals surface area (Å²) >= 11 is 0. The Morgan fingerprint density at radius 2 is 1.83 bits per heavy atom. The van der Waals surface area contributed by atoms with Gasteiger partial charge >= 0.3 is 0 Å². The van der Waals surface area contributed by atoms with Crippen molar-refractivity contribution in [1.82, 2.24) is 5.01 Å². The first-order chi connectivity index (χ1) is 14.1. The van der Waals surface area contributed by atoms with Crippen molar-refractivity contribution < 1.29 is 19.2 Å². The molecule has 1 N–H and O–H groups in total. The van der Waals surface area contributed by atoms with Crippen molar-refractivity contribution in [1.29, 1.82) is 0 Å². The molecule has 0 saturated carbocycles. The highest BCUT2D eigenvalue weighted by atomic mass is 16.5. The van der Waals surface area contributed by atoms with Gasteiger partial charge < -0.3 is 14.4 Å². The second-order valence-electron chi connectivity index (χ2n) is 7.68. The van der Waals surface area contributed by atoms with Crippen LogP contribution in [0.1, 0.15) is 29.2 Å². The molecule has 6 heteroatoms. The van der Waals surface area contributed by atoms with Crippen LogP contribution < -0.4 is 9.64 Å². The number of carbonyl (C=O) groups excluding carboxylic acids is 1. The predicted molar refractivity (Wildman–Crippen MR) is 111 cm³/mol. The smallest absolute Gasteiger partial charge is 0.298 e. The normalized spacial score (nSPS) is 19.9. The fraction of sp³-hybridized carbons (Fsp3) is 0.391. The van der Waals surface area contributed by atoms with Crippen LogP contribution in [-0.2, 0) is 9.53 Å². The molecule has 1 fully saturated rings. The number of methoxy groups -OCH3 is 1. The van der Waals surface area contributed by atoms with E-state index < -0.39 is 0 Å². The van der Waals surface area contributed by atoms with E-state index in [0.717, 1.165) is 35.7 Å². The van der Waals surface area contributed by atoms with Crippen LogP contribution in [0.3, 0.4) is 0 Å². The van der Waals surface area contributed by atoms with Gasteiger partial charge in [0.15, 0.2) is 6.54 Å². The third-order valence-electron chi connectivity index (χ3n) is 5.65. The molecular weight excluding hydrogens is 366 g/mol. The molecule has 0 unspecified atom stereocenters. The topological polar surface area (TPSA) is 55.6 Å². The summed E-state index contributed by atoms with van der Waals surface area (Å²) in [5.74, 6) is 0.877. The van der Waals surface area contributed by atoms with Gasteiger partial charge in [-0.2, -0.15) is 5.10 Å². The Balaban J connectivity index is 1.59. The monoisotopic (exact) mass is 394 g/mol. The van der Waals surface area contributed by atoms with Gasteiger partial charge in [-0.3, -0.25) is 4.79 Å². The number of hydrogen-bond donors (Lipinski definition) is 1. The zero-order chi connectivity index (χ0) is 20.2. The standard InChI is InChI=1S/C23H27N3O3/c1-17-3-5-19(6-4-17)22-15-21(18-7-9-20(28-2)10-8-18)24-26(22)23(27)16-25-11-13-29-14-12-25/h3-10,22H,11-16H2,1-2H3/p+1/t22-/m0/s1. The Bertz CT molecular complexity index is 871. The summed E-state index contributed by atoms with van der Waals surface area (Å²) in [6, 6.07) is 16.2. The third-order valence-corrected chi connectivity index (χ3v) is 5.65. The van der Waals surface area contributed by atoms with E-state index in [9.17, 15) is 4.79 Å². The number of rotatable bonds is 5. The molecule has 0 aliphatic carbocycles. The van der Waals surface area contributed by atoms with Crippen LogP contribution in [-0.4, -0.2) is 56.6 Å². The van der Waals surface area contributed by atoms with Gasteiger partial charge in [-0.05, 0) is 42.3 Å². The average Bonchev–Trinajstić information content (AvgIpc) is 3.21. The lowest BCUT2D eigenvalue weighted by Crippen LogP contribution is -3.15. The summed E-state index contributed by atoms with van der Waals surface area (Å²) in [7, 11) is 1.66. The molecule has 0 radical (unpaired) electrons. The molecule has 0 bridgehead atoms. The Hall–Kier alpha value is -2.70. The minimum absolute atomic E-state index is 0.0657. The van der Waals surface area contributed by atoms with Crippen molar-refractivity contribution in [2.24, 2.45) is 5.10 Å². The minimum Gasteiger partial charge on any atom is -0.497 e. The van der Waals surface area contributed by atoms with E-state index in [-0.39, 0.29) is 11.9 Å². The number of aryl methyl sites for hydroxylation is 1. The number of ether oxygens (including phenoxy) is 2. The van der Waals surface area contributed by atoms with Crippen molar-refractivity contribution >= 4 is 11.6 Å². The van der Waals surface area contributed by atoms with Crippen LogP contribution in [0.15, 0.2) is 53.6 Å². The van der Waals surface area contributed by atoms with Crippen LogP contribution in [0.4, 0.5) is 0 Å². The third kappa shape index (κ3) is 4.49. The van der Waals surface area contributed by atoms with Gasteiger partial charge in [0.25, 0.3) is 5.91 Å². The maximum atomic E-state index is 13.2. The highest BCUT2D eigenvalue weighted by Crippen LogP contribution is 2.33. The lowest BCUT2D eigenvalue weighted by molar-refractivity contribution is -0.900. The minimum atomic E-state index is -0.0688. The number of hydrazone groups is 1. The fourth-order valence-electron chi connectivity index (χ4n) is 3.88. The first-order valence-corrected chi connectivity index (χ1v) is 10.2. The zero-order valence-corrected chi connectivity index (χ0v) is 17.1. The van der Waals surface area contributed by atoms with Crippen LogP contribution in [0.2, 0.25) is 0 Å². The van der Waals surface area contributed by atoms with Crippen molar-refractivity contribution in [3.05, 3.63) is 65.2 Å². The molecule has 29 heavy (non-hydrogen) atoms. The van der Waals surface area contributed by atoms with E-state index in [4.69, 9.17) is 14.6 Å².